The van der Waals surface area contributed by atoms with Gasteiger partial charge in [-0.3, -0.25) is 0 Å². The molecule has 0 amide bonds. The molecule has 0 heterocycles. The van der Waals surface area contributed by atoms with Crippen LogP contribution in [0.5, 0.6) is 23.0 Å². The van der Waals surface area contributed by atoms with Crippen molar-refractivity contribution in [2.45, 2.75) is 12.8 Å². The first-order valence-electron chi connectivity index (χ1n) is 7.23. The Morgan fingerprint density at radius 2 is 1.30 bits per heavy atom. The van der Waals surface area contributed by atoms with Gasteiger partial charge in [0.1, 0.15) is 23.0 Å². The van der Waals surface area contributed by atoms with Crippen molar-refractivity contribution in [3.8, 4) is 23.0 Å². The maximum atomic E-state index is 5.47. The molecule has 0 radical (unpaired) electrons. The fourth-order valence-electron chi connectivity index (χ4n) is 2.41. The van der Waals surface area contributed by atoms with Gasteiger partial charge in [0.2, 0.25) is 0 Å². The summed E-state index contributed by atoms with van der Waals surface area (Å²) in [7, 11) is 6.62. The Morgan fingerprint density at radius 3 is 1.83 bits per heavy atom. The van der Waals surface area contributed by atoms with Gasteiger partial charge >= 0.3 is 0 Å². The molecule has 0 unspecified atom stereocenters. The summed E-state index contributed by atoms with van der Waals surface area (Å²) in [6.07, 6.45) is 1.69. The molecular weight excluding hydrogens is 360 g/mol. The number of hydrogen-bond donors (Lipinski definition) is 0. The van der Waals surface area contributed by atoms with Crippen LogP contribution in [0.4, 0.5) is 0 Å². The third-order valence-electron chi connectivity index (χ3n) is 3.65. The zero-order valence-corrected chi connectivity index (χ0v) is 15.4. The molecule has 0 fully saturated rings. The molecule has 0 spiro atoms. The summed E-state index contributed by atoms with van der Waals surface area (Å²) in [6, 6.07) is 9.84. The van der Waals surface area contributed by atoms with Crippen LogP contribution in [0.25, 0.3) is 0 Å². The minimum Gasteiger partial charge on any atom is -0.497 e. The van der Waals surface area contributed by atoms with Gasteiger partial charge in [-0.15, -0.1) is 0 Å². The van der Waals surface area contributed by atoms with Crippen molar-refractivity contribution in [1.82, 2.24) is 0 Å². The molecule has 124 valence electrons. The van der Waals surface area contributed by atoms with E-state index in [1.165, 1.54) is 0 Å². The quantitative estimate of drug-likeness (QED) is 0.718. The molecule has 23 heavy (non-hydrogen) atoms. The van der Waals surface area contributed by atoms with E-state index in [-0.39, 0.29) is 0 Å². The lowest BCUT2D eigenvalue weighted by atomic mass is 10.0. The Kier molecular flexibility index (Phi) is 6.16. The Labute approximate surface area is 145 Å². The number of methoxy groups -OCH3 is 4. The summed E-state index contributed by atoms with van der Waals surface area (Å²) >= 11 is 3.52. The predicted octanol–water partition coefficient (Wildman–Crippen LogP) is 4.27. The van der Waals surface area contributed by atoms with Crippen LogP contribution in [0.1, 0.15) is 11.1 Å². The van der Waals surface area contributed by atoms with Crippen LogP contribution in [-0.4, -0.2) is 28.4 Å². The minimum atomic E-state index is 0.758. The second-order valence-corrected chi connectivity index (χ2v) is 5.87. The second kappa shape index (κ2) is 8.11. The smallest absolute Gasteiger partial charge is 0.136 e. The molecule has 0 aromatic heterocycles. The van der Waals surface area contributed by atoms with E-state index in [2.05, 4.69) is 15.9 Å². The van der Waals surface area contributed by atoms with Gasteiger partial charge in [0.15, 0.2) is 0 Å². The molecule has 4 nitrogen and oxygen atoms in total. The summed E-state index contributed by atoms with van der Waals surface area (Å²) < 4.78 is 22.3. The SMILES string of the molecule is COc1cc(CCc2cc(Br)c(OC)cc2OC)cc(OC)c1. The van der Waals surface area contributed by atoms with Crippen molar-refractivity contribution in [3.63, 3.8) is 0 Å². The topological polar surface area (TPSA) is 36.9 Å². The Bertz CT molecular complexity index is 648. The average molecular weight is 381 g/mol. The zero-order valence-electron chi connectivity index (χ0n) is 13.8. The highest BCUT2D eigenvalue weighted by Gasteiger charge is 2.10. The standard InChI is InChI=1S/C18H21BrO4/c1-20-14-7-12(8-15(10-14)21-2)5-6-13-9-16(19)18(23-4)11-17(13)22-3/h7-11H,5-6H2,1-4H3. The predicted molar refractivity (Wildman–Crippen MR) is 94.2 cm³/mol. The van der Waals surface area contributed by atoms with Crippen LogP contribution >= 0.6 is 15.9 Å². The average Bonchev–Trinajstić information content (AvgIpc) is 2.59. The molecule has 0 aliphatic heterocycles. The van der Waals surface area contributed by atoms with Crippen molar-refractivity contribution in [1.29, 1.82) is 0 Å². The van der Waals surface area contributed by atoms with Crippen LogP contribution in [0.3, 0.4) is 0 Å². The van der Waals surface area contributed by atoms with Gasteiger partial charge in [0.25, 0.3) is 0 Å². The van der Waals surface area contributed by atoms with E-state index in [1.54, 1.807) is 28.4 Å². The number of benzene rings is 2. The third kappa shape index (κ3) is 4.32. The number of hydrogen-bond acceptors (Lipinski definition) is 4. The first kappa shape index (κ1) is 17.5. The number of halogens is 1. The maximum absolute atomic E-state index is 5.47. The highest BCUT2D eigenvalue weighted by Crippen LogP contribution is 2.34. The van der Waals surface area contributed by atoms with E-state index in [1.807, 2.05) is 30.3 Å². The van der Waals surface area contributed by atoms with Crippen molar-refractivity contribution < 1.29 is 18.9 Å². The van der Waals surface area contributed by atoms with Gasteiger partial charge in [-0.1, -0.05) is 0 Å². The Hall–Kier alpha value is -1.88. The van der Waals surface area contributed by atoms with E-state index in [4.69, 9.17) is 18.9 Å². The molecule has 0 aliphatic rings. The monoisotopic (exact) mass is 380 g/mol. The first-order valence-corrected chi connectivity index (χ1v) is 8.03. The van der Waals surface area contributed by atoms with Gasteiger partial charge in [-0.2, -0.15) is 0 Å². The summed E-state index contributed by atoms with van der Waals surface area (Å²) in [5.41, 5.74) is 2.26. The summed E-state index contributed by atoms with van der Waals surface area (Å²) in [6.45, 7) is 0. The van der Waals surface area contributed by atoms with Crippen LogP contribution < -0.4 is 18.9 Å². The molecule has 0 bridgehead atoms. The Balaban J connectivity index is 2.22. The van der Waals surface area contributed by atoms with Crippen LogP contribution in [-0.2, 0) is 12.8 Å². The highest BCUT2D eigenvalue weighted by molar-refractivity contribution is 9.10. The lowest BCUT2D eigenvalue weighted by molar-refractivity contribution is 0.389. The lowest BCUT2D eigenvalue weighted by Crippen LogP contribution is -1.98. The summed E-state index contributed by atoms with van der Waals surface area (Å²) in [5, 5.41) is 0. The molecule has 0 saturated carbocycles. The molecule has 2 aromatic carbocycles. The second-order valence-electron chi connectivity index (χ2n) is 5.02. The molecule has 0 saturated heterocycles. The zero-order chi connectivity index (χ0) is 16.8. The lowest BCUT2D eigenvalue weighted by Gasteiger charge is -2.13. The first-order chi connectivity index (χ1) is 11.1. The van der Waals surface area contributed by atoms with E-state index in [0.717, 1.165) is 51.4 Å². The van der Waals surface area contributed by atoms with Crippen LogP contribution in [0, 0.1) is 0 Å². The molecule has 0 atom stereocenters. The highest BCUT2D eigenvalue weighted by atomic mass is 79.9. The van der Waals surface area contributed by atoms with Gasteiger partial charge < -0.3 is 18.9 Å². The number of aryl methyl sites for hydroxylation is 2. The summed E-state index contributed by atoms with van der Waals surface area (Å²) in [4.78, 5) is 0. The third-order valence-corrected chi connectivity index (χ3v) is 4.27. The van der Waals surface area contributed by atoms with E-state index in [9.17, 15) is 0 Å². The molecule has 2 aromatic rings. The largest absolute Gasteiger partial charge is 0.497 e. The van der Waals surface area contributed by atoms with Crippen molar-refractivity contribution in [2.75, 3.05) is 28.4 Å². The van der Waals surface area contributed by atoms with Crippen molar-refractivity contribution in [2.24, 2.45) is 0 Å². The maximum Gasteiger partial charge on any atom is 0.136 e. The fraction of sp³-hybridized carbons (Fsp3) is 0.333. The van der Waals surface area contributed by atoms with Crippen molar-refractivity contribution in [3.05, 3.63) is 45.9 Å². The fourth-order valence-corrected chi connectivity index (χ4v) is 2.96. The molecule has 5 heteroatoms. The molecule has 0 N–H and O–H groups in total. The van der Waals surface area contributed by atoms with E-state index < -0.39 is 0 Å². The van der Waals surface area contributed by atoms with Crippen LogP contribution in [0.2, 0.25) is 0 Å². The van der Waals surface area contributed by atoms with Gasteiger partial charge in [-0.05, 0) is 58.1 Å². The number of rotatable bonds is 7. The van der Waals surface area contributed by atoms with Gasteiger partial charge in [0, 0.05) is 12.1 Å². The van der Waals surface area contributed by atoms with Gasteiger partial charge in [-0.25, -0.2) is 0 Å². The normalized spacial score (nSPS) is 10.3. The molecule has 2 rings (SSSR count). The van der Waals surface area contributed by atoms with Crippen molar-refractivity contribution >= 4 is 15.9 Å². The van der Waals surface area contributed by atoms with E-state index in [0.29, 0.717) is 0 Å². The van der Waals surface area contributed by atoms with E-state index >= 15 is 0 Å². The van der Waals surface area contributed by atoms with Gasteiger partial charge in [0.05, 0.1) is 32.9 Å². The molecular formula is C18H21BrO4. The minimum absolute atomic E-state index is 0.758. The number of ether oxygens (including phenoxy) is 4. The molecule has 0 aliphatic carbocycles. The van der Waals surface area contributed by atoms with Crippen LogP contribution in [0.15, 0.2) is 34.8 Å². The summed E-state index contributed by atoms with van der Waals surface area (Å²) in [5.74, 6) is 3.16. The Morgan fingerprint density at radius 1 is 0.696 bits per heavy atom.